The Bertz CT molecular complexity index is 165. The van der Waals surface area contributed by atoms with E-state index in [-0.39, 0.29) is 0 Å². The molecule has 0 aliphatic heterocycles. The molecule has 0 saturated carbocycles. The van der Waals surface area contributed by atoms with Crippen LogP contribution in [0.4, 0.5) is 0 Å². The highest BCUT2D eigenvalue weighted by molar-refractivity contribution is 4.92. The van der Waals surface area contributed by atoms with E-state index >= 15 is 0 Å². The number of unbranched alkanes of at least 4 members (excludes halogenated alkanes) is 4. The average molecular weight is 208 g/mol. The molecule has 0 radical (unpaired) electrons. The lowest BCUT2D eigenvalue weighted by atomic mass is 9.92. The van der Waals surface area contributed by atoms with Crippen molar-refractivity contribution in [1.82, 2.24) is 0 Å². The quantitative estimate of drug-likeness (QED) is 0.353. The van der Waals surface area contributed by atoms with Crippen molar-refractivity contribution in [3.05, 3.63) is 24.8 Å². The molecule has 0 nitrogen and oxygen atoms in total. The molecule has 0 heterocycles. The maximum atomic E-state index is 3.82. The highest BCUT2D eigenvalue weighted by Gasteiger charge is 2.06. The van der Waals surface area contributed by atoms with Crippen LogP contribution in [0.5, 0.6) is 0 Å². The fourth-order valence-electron chi connectivity index (χ4n) is 1.73. The number of allylic oxidation sites excluding steroid dienone is 3. The van der Waals surface area contributed by atoms with Gasteiger partial charge in [-0.05, 0) is 31.1 Å². The molecule has 1 atom stereocenters. The molecule has 0 aromatic rings. The van der Waals surface area contributed by atoms with Crippen molar-refractivity contribution in [2.75, 3.05) is 0 Å². The molecule has 0 rings (SSSR count). The Morgan fingerprint density at radius 2 is 1.87 bits per heavy atom. The second kappa shape index (κ2) is 10.0. The van der Waals surface area contributed by atoms with Crippen LogP contribution in [0.15, 0.2) is 24.8 Å². The van der Waals surface area contributed by atoms with Crippen molar-refractivity contribution in [3.63, 3.8) is 0 Å². The second-order valence-corrected chi connectivity index (χ2v) is 4.71. The number of rotatable bonds is 9. The van der Waals surface area contributed by atoms with Crippen LogP contribution in [0.25, 0.3) is 0 Å². The number of hydrogen-bond donors (Lipinski definition) is 0. The van der Waals surface area contributed by atoms with Gasteiger partial charge in [-0.2, -0.15) is 0 Å². The first-order valence-corrected chi connectivity index (χ1v) is 6.49. The Labute approximate surface area is 96.5 Å². The van der Waals surface area contributed by atoms with Gasteiger partial charge in [0.25, 0.3) is 0 Å². The molecule has 0 N–H and O–H groups in total. The van der Waals surface area contributed by atoms with E-state index < -0.39 is 0 Å². The molecular weight excluding hydrogens is 180 g/mol. The van der Waals surface area contributed by atoms with E-state index in [1.54, 1.807) is 0 Å². The summed E-state index contributed by atoms with van der Waals surface area (Å²) < 4.78 is 0. The van der Waals surface area contributed by atoms with Crippen molar-refractivity contribution in [3.8, 4) is 0 Å². The van der Waals surface area contributed by atoms with Crippen molar-refractivity contribution < 1.29 is 0 Å². The van der Waals surface area contributed by atoms with Gasteiger partial charge in [0.15, 0.2) is 0 Å². The van der Waals surface area contributed by atoms with Gasteiger partial charge < -0.3 is 0 Å². The first-order chi connectivity index (χ1) is 7.22. The minimum absolute atomic E-state index is 0.689. The maximum Gasteiger partial charge on any atom is -0.0176 e. The van der Waals surface area contributed by atoms with Gasteiger partial charge in [0, 0.05) is 0 Å². The van der Waals surface area contributed by atoms with Gasteiger partial charge in [-0.3, -0.25) is 0 Å². The van der Waals surface area contributed by atoms with E-state index in [9.17, 15) is 0 Å². The lowest BCUT2D eigenvalue weighted by molar-refractivity contribution is 0.469. The van der Waals surface area contributed by atoms with E-state index in [1.807, 2.05) is 6.08 Å². The zero-order valence-electron chi connectivity index (χ0n) is 10.8. The van der Waals surface area contributed by atoms with Gasteiger partial charge in [0.05, 0.1) is 0 Å². The molecule has 0 aromatic carbocycles. The van der Waals surface area contributed by atoms with Crippen LogP contribution in [-0.2, 0) is 0 Å². The third-order valence-electron chi connectivity index (χ3n) is 2.90. The molecule has 0 spiro atoms. The molecule has 0 bridgehead atoms. The molecule has 15 heavy (non-hydrogen) atoms. The molecule has 0 aliphatic carbocycles. The zero-order valence-corrected chi connectivity index (χ0v) is 10.8. The standard InChI is InChI=1S/C15H28/c1-5-7-8-9-10-11-13-15(12-6-2)14(3)4/h6,11,13-15H,2,5,7-10,12H2,1,3-4H3. The Hall–Kier alpha value is -0.520. The van der Waals surface area contributed by atoms with Crippen LogP contribution in [0.2, 0.25) is 0 Å². The van der Waals surface area contributed by atoms with Crippen molar-refractivity contribution in [2.24, 2.45) is 11.8 Å². The fraction of sp³-hybridized carbons (Fsp3) is 0.733. The van der Waals surface area contributed by atoms with Crippen molar-refractivity contribution in [1.29, 1.82) is 0 Å². The third-order valence-corrected chi connectivity index (χ3v) is 2.90. The van der Waals surface area contributed by atoms with Gasteiger partial charge in [-0.15, -0.1) is 6.58 Å². The average Bonchev–Trinajstić information content (AvgIpc) is 2.21. The van der Waals surface area contributed by atoms with Gasteiger partial charge in [0.1, 0.15) is 0 Å². The first-order valence-electron chi connectivity index (χ1n) is 6.49. The SMILES string of the molecule is C=CCC(C=CCCCCCC)C(C)C. The number of hydrogen-bond acceptors (Lipinski definition) is 0. The minimum atomic E-state index is 0.689. The van der Waals surface area contributed by atoms with Crippen molar-refractivity contribution >= 4 is 0 Å². The molecule has 0 saturated heterocycles. The smallest absolute Gasteiger partial charge is 0.0176 e. The largest absolute Gasteiger partial charge is 0.103 e. The van der Waals surface area contributed by atoms with Crippen LogP contribution >= 0.6 is 0 Å². The topological polar surface area (TPSA) is 0 Å². The van der Waals surface area contributed by atoms with Gasteiger partial charge in [-0.1, -0.05) is 58.3 Å². The summed E-state index contributed by atoms with van der Waals surface area (Å²) >= 11 is 0. The Morgan fingerprint density at radius 3 is 2.40 bits per heavy atom. The van der Waals surface area contributed by atoms with Gasteiger partial charge in [-0.25, -0.2) is 0 Å². The normalized spacial score (nSPS) is 13.6. The maximum absolute atomic E-state index is 3.82. The van der Waals surface area contributed by atoms with E-state index in [0.717, 1.165) is 12.3 Å². The second-order valence-electron chi connectivity index (χ2n) is 4.71. The predicted molar refractivity (Wildman–Crippen MR) is 71.0 cm³/mol. The molecule has 1 unspecified atom stereocenters. The van der Waals surface area contributed by atoms with Gasteiger partial charge >= 0.3 is 0 Å². The summed E-state index contributed by atoms with van der Waals surface area (Å²) in [4.78, 5) is 0. The monoisotopic (exact) mass is 208 g/mol. The van der Waals surface area contributed by atoms with Crippen LogP contribution in [0, 0.1) is 11.8 Å². The third kappa shape index (κ3) is 8.47. The van der Waals surface area contributed by atoms with Crippen LogP contribution in [0.1, 0.15) is 59.3 Å². The van der Waals surface area contributed by atoms with E-state index in [1.165, 1.54) is 32.1 Å². The first kappa shape index (κ1) is 14.5. The summed E-state index contributed by atoms with van der Waals surface area (Å²) in [5.41, 5.74) is 0. The summed E-state index contributed by atoms with van der Waals surface area (Å²) in [7, 11) is 0. The Kier molecular flexibility index (Phi) is 9.67. The van der Waals surface area contributed by atoms with Crippen LogP contribution < -0.4 is 0 Å². The summed E-state index contributed by atoms with van der Waals surface area (Å²) in [5, 5.41) is 0. The summed E-state index contributed by atoms with van der Waals surface area (Å²) in [6.07, 6.45) is 14.6. The highest BCUT2D eigenvalue weighted by atomic mass is 14.1. The lowest BCUT2D eigenvalue weighted by Gasteiger charge is -2.14. The fourth-order valence-corrected chi connectivity index (χ4v) is 1.73. The molecule has 0 heteroatoms. The van der Waals surface area contributed by atoms with Crippen LogP contribution in [-0.4, -0.2) is 0 Å². The molecule has 0 aromatic heterocycles. The molecular formula is C15H28. The minimum Gasteiger partial charge on any atom is -0.103 e. The molecule has 0 fully saturated rings. The summed E-state index contributed by atoms with van der Waals surface area (Å²) in [6, 6.07) is 0. The van der Waals surface area contributed by atoms with Crippen molar-refractivity contribution in [2.45, 2.75) is 59.3 Å². The zero-order chi connectivity index (χ0) is 11.5. The predicted octanol–water partition coefficient (Wildman–Crippen LogP) is 5.36. The summed E-state index contributed by atoms with van der Waals surface area (Å²) in [5.74, 6) is 1.42. The van der Waals surface area contributed by atoms with E-state index in [0.29, 0.717) is 5.92 Å². The lowest BCUT2D eigenvalue weighted by Crippen LogP contribution is -2.03. The van der Waals surface area contributed by atoms with Gasteiger partial charge in [0.2, 0.25) is 0 Å². The Morgan fingerprint density at radius 1 is 1.13 bits per heavy atom. The molecule has 88 valence electrons. The van der Waals surface area contributed by atoms with E-state index in [4.69, 9.17) is 0 Å². The molecule has 0 aliphatic rings. The van der Waals surface area contributed by atoms with Crippen LogP contribution in [0.3, 0.4) is 0 Å². The van der Waals surface area contributed by atoms with E-state index in [2.05, 4.69) is 39.5 Å². The summed E-state index contributed by atoms with van der Waals surface area (Å²) in [6.45, 7) is 10.7. The Balaban J connectivity index is 3.65. The highest BCUT2D eigenvalue weighted by Crippen LogP contribution is 2.17. The molecule has 0 amide bonds.